The Labute approximate surface area is 184 Å². The molecule has 0 aromatic heterocycles. The van der Waals surface area contributed by atoms with Gasteiger partial charge in [-0.25, -0.2) is 0 Å². The van der Waals surface area contributed by atoms with Gasteiger partial charge in [-0.3, -0.25) is 14.4 Å². The summed E-state index contributed by atoms with van der Waals surface area (Å²) in [4.78, 5) is 37.6. The molecule has 3 saturated carbocycles. The van der Waals surface area contributed by atoms with Crippen molar-refractivity contribution in [3.63, 3.8) is 0 Å². The first-order chi connectivity index (χ1) is 14.6. The Morgan fingerprint density at radius 1 is 1.19 bits per heavy atom. The van der Waals surface area contributed by atoms with Crippen molar-refractivity contribution in [2.45, 2.75) is 90.3 Å². The first-order valence-corrected chi connectivity index (χ1v) is 11.9. The van der Waals surface area contributed by atoms with E-state index < -0.39 is 35.5 Å². The number of carbonyl (C=O) groups is 3. The van der Waals surface area contributed by atoms with Gasteiger partial charge in [-0.2, -0.15) is 0 Å². The Hall–Kier alpha value is -1.53. The fourth-order valence-electron chi connectivity index (χ4n) is 7.94. The molecule has 0 aliphatic heterocycles. The van der Waals surface area contributed by atoms with Gasteiger partial charge in [-0.05, 0) is 74.2 Å². The molecular formula is C25H36O6. The zero-order chi connectivity index (χ0) is 22.6. The number of ketones is 2. The van der Waals surface area contributed by atoms with Gasteiger partial charge in [0.15, 0.2) is 11.4 Å². The first-order valence-electron chi connectivity index (χ1n) is 11.9. The maximum absolute atomic E-state index is 13.1. The fourth-order valence-corrected chi connectivity index (χ4v) is 7.94. The van der Waals surface area contributed by atoms with Gasteiger partial charge < -0.3 is 14.9 Å². The largest absolute Gasteiger partial charge is 0.450 e. The SMILES string of the molecule is CCCC(=O)O[C@]1(C(=O)CO)CC[C@H]2[C@@H]3CCC4=CC(=O)CC[C@]4(C)[C@H]3C(O)C[C@@]21C. The van der Waals surface area contributed by atoms with Crippen molar-refractivity contribution >= 4 is 17.5 Å². The van der Waals surface area contributed by atoms with Gasteiger partial charge in [0, 0.05) is 18.3 Å². The molecule has 3 fully saturated rings. The summed E-state index contributed by atoms with van der Waals surface area (Å²) >= 11 is 0. The molecule has 0 aromatic rings. The van der Waals surface area contributed by atoms with Gasteiger partial charge in [0.2, 0.25) is 5.78 Å². The average molecular weight is 433 g/mol. The molecule has 4 aliphatic carbocycles. The number of aliphatic hydroxyl groups is 2. The molecule has 31 heavy (non-hydrogen) atoms. The number of Topliss-reactive ketones (excluding diaryl/α,β-unsaturated/α-hetero) is 1. The van der Waals surface area contributed by atoms with E-state index >= 15 is 0 Å². The van der Waals surface area contributed by atoms with E-state index in [-0.39, 0.29) is 35.4 Å². The van der Waals surface area contributed by atoms with Crippen molar-refractivity contribution in [3.05, 3.63) is 11.6 Å². The van der Waals surface area contributed by atoms with E-state index in [4.69, 9.17) is 4.74 Å². The topological polar surface area (TPSA) is 101 Å². The predicted octanol–water partition coefficient (Wildman–Crippen LogP) is 3.13. The van der Waals surface area contributed by atoms with E-state index in [1.54, 1.807) is 6.08 Å². The van der Waals surface area contributed by atoms with Crippen molar-refractivity contribution < 1.29 is 29.3 Å². The zero-order valence-electron chi connectivity index (χ0n) is 19.0. The second-order valence-corrected chi connectivity index (χ2v) is 10.7. The van der Waals surface area contributed by atoms with Gasteiger partial charge in [0.1, 0.15) is 6.61 Å². The lowest BCUT2D eigenvalue weighted by Gasteiger charge is -2.60. The van der Waals surface area contributed by atoms with Crippen LogP contribution in [0.5, 0.6) is 0 Å². The molecule has 0 heterocycles. The molecule has 0 spiro atoms. The zero-order valence-corrected chi connectivity index (χ0v) is 19.0. The predicted molar refractivity (Wildman–Crippen MR) is 114 cm³/mol. The highest BCUT2D eigenvalue weighted by Gasteiger charge is 2.70. The standard InChI is InChI=1S/C25H36O6/c1-4-5-21(30)31-25(20(29)14-26)11-9-18-17-7-6-15-12-16(27)8-10-23(15,2)22(17)19(28)13-24(18,25)3/h12,17-19,22,26,28H,4-11,13-14H2,1-3H3/t17-,18-,19?,22+,23-,24-,25-/m0/s1. The van der Waals surface area contributed by atoms with Crippen LogP contribution in [-0.4, -0.2) is 46.1 Å². The Bertz CT molecular complexity index is 817. The maximum Gasteiger partial charge on any atom is 0.306 e. The van der Waals surface area contributed by atoms with E-state index in [0.29, 0.717) is 25.7 Å². The summed E-state index contributed by atoms with van der Waals surface area (Å²) in [5.41, 5.74) is -1.12. The second-order valence-electron chi connectivity index (χ2n) is 10.7. The molecule has 0 aromatic carbocycles. The summed E-state index contributed by atoms with van der Waals surface area (Å²) in [7, 11) is 0. The minimum absolute atomic E-state index is 0.0325. The van der Waals surface area contributed by atoms with Crippen molar-refractivity contribution in [3.8, 4) is 0 Å². The number of hydrogen-bond donors (Lipinski definition) is 2. The lowest BCUT2D eigenvalue weighted by Crippen LogP contribution is -2.63. The van der Waals surface area contributed by atoms with E-state index in [1.807, 2.05) is 13.8 Å². The summed E-state index contributed by atoms with van der Waals surface area (Å²) in [6.07, 6.45) is 6.48. The lowest BCUT2D eigenvalue weighted by molar-refractivity contribution is -0.202. The number of rotatable bonds is 5. The van der Waals surface area contributed by atoms with E-state index in [1.165, 1.54) is 0 Å². The lowest BCUT2D eigenvalue weighted by atomic mass is 9.45. The number of carbonyl (C=O) groups excluding carboxylic acids is 3. The number of esters is 1. The molecule has 0 radical (unpaired) electrons. The average Bonchev–Trinajstić information content (AvgIpc) is 3.00. The number of fused-ring (bicyclic) bond motifs is 5. The molecule has 0 bridgehead atoms. The third kappa shape index (κ3) is 3.16. The molecule has 1 unspecified atom stereocenters. The van der Waals surface area contributed by atoms with Gasteiger partial charge in [-0.1, -0.05) is 26.3 Å². The maximum atomic E-state index is 13.1. The van der Waals surface area contributed by atoms with Crippen LogP contribution in [0.4, 0.5) is 0 Å². The Kier molecular flexibility index (Phi) is 5.70. The van der Waals surface area contributed by atoms with E-state index in [2.05, 4.69) is 6.92 Å². The molecule has 0 amide bonds. The molecule has 2 N–H and O–H groups in total. The molecule has 4 rings (SSSR count). The monoisotopic (exact) mass is 432 g/mol. The van der Waals surface area contributed by atoms with Gasteiger partial charge in [0.05, 0.1) is 6.10 Å². The van der Waals surface area contributed by atoms with Crippen LogP contribution in [-0.2, 0) is 19.1 Å². The van der Waals surface area contributed by atoms with Crippen molar-refractivity contribution in [1.82, 2.24) is 0 Å². The highest BCUT2D eigenvalue weighted by molar-refractivity contribution is 5.92. The molecule has 0 saturated heterocycles. The number of aliphatic hydroxyl groups excluding tert-OH is 2. The Morgan fingerprint density at radius 2 is 1.94 bits per heavy atom. The Balaban J connectivity index is 1.73. The van der Waals surface area contributed by atoms with Crippen LogP contribution in [0.15, 0.2) is 11.6 Å². The minimum Gasteiger partial charge on any atom is -0.450 e. The number of ether oxygens (including phenoxy) is 1. The quantitative estimate of drug-likeness (QED) is 0.648. The van der Waals surface area contributed by atoms with Crippen LogP contribution in [0, 0.1) is 28.6 Å². The van der Waals surface area contributed by atoms with Crippen LogP contribution >= 0.6 is 0 Å². The molecular weight excluding hydrogens is 396 g/mol. The van der Waals surface area contributed by atoms with Crippen molar-refractivity contribution in [2.75, 3.05) is 6.61 Å². The van der Waals surface area contributed by atoms with Crippen LogP contribution in [0.1, 0.15) is 78.6 Å². The van der Waals surface area contributed by atoms with Gasteiger partial charge in [-0.15, -0.1) is 0 Å². The summed E-state index contributed by atoms with van der Waals surface area (Å²) < 4.78 is 5.92. The summed E-state index contributed by atoms with van der Waals surface area (Å²) in [6, 6.07) is 0. The van der Waals surface area contributed by atoms with Gasteiger partial charge in [0.25, 0.3) is 0 Å². The highest BCUT2D eigenvalue weighted by Crippen LogP contribution is 2.68. The molecule has 6 nitrogen and oxygen atoms in total. The molecule has 4 aliphatic rings. The van der Waals surface area contributed by atoms with Crippen molar-refractivity contribution in [1.29, 1.82) is 0 Å². The van der Waals surface area contributed by atoms with Gasteiger partial charge >= 0.3 is 5.97 Å². The second kappa shape index (κ2) is 7.80. The third-order valence-corrected chi connectivity index (χ3v) is 9.35. The molecule has 6 heteroatoms. The van der Waals surface area contributed by atoms with Crippen LogP contribution in [0.2, 0.25) is 0 Å². The Morgan fingerprint density at radius 3 is 2.61 bits per heavy atom. The third-order valence-electron chi connectivity index (χ3n) is 9.35. The molecule has 7 atom stereocenters. The van der Waals surface area contributed by atoms with E-state index in [9.17, 15) is 24.6 Å². The molecule has 172 valence electrons. The summed E-state index contributed by atoms with van der Waals surface area (Å²) in [6.45, 7) is 5.39. The van der Waals surface area contributed by atoms with E-state index in [0.717, 1.165) is 31.3 Å². The van der Waals surface area contributed by atoms with Crippen LogP contribution < -0.4 is 0 Å². The fraction of sp³-hybridized carbons (Fsp3) is 0.800. The van der Waals surface area contributed by atoms with Crippen LogP contribution in [0.3, 0.4) is 0 Å². The smallest absolute Gasteiger partial charge is 0.306 e. The highest BCUT2D eigenvalue weighted by atomic mass is 16.6. The van der Waals surface area contributed by atoms with Crippen molar-refractivity contribution in [2.24, 2.45) is 28.6 Å². The minimum atomic E-state index is -1.37. The number of hydrogen-bond acceptors (Lipinski definition) is 6. The number of allylic oxidation sites excluding steroid dienone is 1. The first kappa shape index (κ1) is 22.7. The van der Waals surface area contributed by atoms with Crippen LogP contribution in [0.25, 0.3) is 0 Å². The summed E-state index contributed by atoms with van der Waals surface area (Å²) in [5.74, 6) is -0.320. The summed E-state index contributed by atoms with van der Waals surface area (Å²) in [5, 5.41) is 21.3. The normalized spacial score (nSPS) is 44.0.